The number of nitrogens with zero attached hydrogens (tertiary/aromatic N) is 3. The number of para-hydroxylation sites is 1. The molecule has 0 aliphatic heterocycles. The van der Waals surface area contributed by atoms with E-state index in [1.807, 2.05) is 18.2 Å². The first-order valence-electron chi connectivity index (χ1n) is 6.22. The number of hydrogen-bond acceptors (Lipinski definition) is 4. The van der Waals surface area contributed by atoms with Crippen LogP contribution >= 0.6 is 0 Å². The topological polar surface area (TPSA) is 84.5 Å². The largest absolute Gasteiger partial charge is 1.00 e. The molecule has 0 amide bonds. The molecule has 1 aromatic carbocycles. The number of hydrogen-bond donors (Lipinski definition) is 1. The maximum atomic E-state index is 12.6. The van der Waals surface area contributed by atoms with Gasteiger partial charge in [-0.2, -0.15) is 8.42 Å². The van der Waals surface area contributed by atoms with Crippen molar-refractivity contribution in [2.24, 2.45) is 7.05 Å². The minimum absolute atomic E-state index is 0. The predicted molar refractivity (Wildman–Crippen MR) is 81.7 cm³/mol. The molecule has 0 saturated carbocycles. The fraction of sp³-hybridized carbons (Fsp3) is 0.308. The van der Waals surface area contributed by atoms with Gasteiger partial charge in [-0.3, -0.25) is 14.0 Å². The SMILES string of the molecule is Cc1c(N(C)CS(=O)(=O)O)c(=O)n(-c2ccccc2)n1C.[H-].[Na+]. The Morgan fingerprint density at radius 2 is 1.82 bits per heavy atom. The van der Waals surface area contributed by atoms with Crippen LogP contribution in [0.5, 0.6) is 0 Å². The maximum Gasteiger partial charge on any atom is 1.00 e. The molecule has 0 radical (unpaired) electrons. The monoisotopic (exact) mass is 335 g/mol. The summed E-state index contributed by atoms with van der Waals surface area (Å²) in [5, 5.41) is 0. The van der Waals surface area contributed by atoms with Gasteiger partial charge in [0.05, 0.1) is 11.4 Å². The Bertz CT molecular complexity index is 818. The molecule has 1 N–H and O–H groups in total. The molecule has 1 aromatic heterocycles. The first-order valence-corrected chi connectivity index (χ1v) is 7.83. The standard InChI is InChI=1S/C13H17N3O4S.Na.H/c1-10-12(14(2)9-21(18,19)20)13(17)16(15(10)3)11-7-5-4-6-8-11;;/h4-8H,9H2,1-3H3,(H,18,19,20);;/q;+1;-1. The third kappa shape index (κ3) is 3.82. The molecule has 22 heavy (non-hydrogen) atoms. The molecule has 0 unspecified atom stereocenters. The van der Waals surface area contributed by atoms with E-state index in [2.05, 4.69) is 0 Å². The van der Waals surface area contributed by atoms with E-state index in [1.165, 1.54) is 16.6 Å². The summed E-state index contributed by atoms with van der Waals surface area (Å²) in [6, 6.07) is 9.04. The summed E-state index contributed by atoms with van der Waals surface area (Å²) in [7, 11) is -1.04. The Kier molecular flexibility index (Phi) is 6.05. The molecule has 116 valence electrons. The molecule has 1 heterocycles. The van der Waals surface area contributed by atoms with Gasteiger partial charge < -0.3 is 6.33 Å². The molecule has 0 aliphatic carbocycles. The normalized spacial score (nSPS) is 11.1. The van der Waals surface area contributed by atoms with Crippen LogP contribution in [0.25, 0.3) is 5.69 Å². The van der Waals surface area contributed by atoms with E-state index in [0.29, 0.717) is 11.4 Å². The zero-order chi connectivity index (χ0) is 15.8. The van der Waals surface area contributed by atoms with Gasteiger partial charge in [-0.25, -0.2) is 4.68 Å². The van der Waals surface area contributed by atoms with Crippen LogP contribution in [-0.4, -0.2) is 35.3 Å². The van der Waals surface area contributed by atoms with Crippen molar-refractivity contribution in [1.82, 2.24) is 9.36 Å². The molecule has 0 bridgehead atoms. The van der Waals surface area contributed by atoms with Crippen LogP contribution in [0.4, 0.5) is 5.69 Å². The van der Waals surface area contributed by atoms with Crippen molar-refractivity contribution < 1.29 is 44.0 Å². The van der Waals surface area contributed by atoms with Gasteiger partial charge in [0.15, 0.2) is 0 Å². The molecule has 2 rings (SSSR count). The van der Waals surface area contributed by atoms with Crippen LogP contribution in [0.1, 0.15) is 7.12 Å². The maximum absolute atomic E-state index is 12.6. The van der Waals surface area contributed by atoms with E-state index in [1.54, 1.807) is 30.8 Å². The molecular formula is C13H18N3NaO4S. The zero-order valence-electron chi connectivity index (χ0n) is 14.0. The van der Waals surface area contributed by atoms with Gasteiger partial charge in [0.25, 0.3) is 15.7 Å². The second-order valence-electron chi connectivity index (χ2n) is 4.82. The molecule has 2 aromatic rings. The summed E-state index contributed by atoms with van der Waals surface area (Å²) in [6.07, 6.45) is 0. The van der Waals surface area contributed by atoms with Crippen LogP contribution in [0.2, 0.25) is 0 Å². The van der Waals surface area contributed by atoms with Gasteiger partial charge in [0.1, 0.15) is 11.6 Å². The zero-order valence-corrected chi connectivity index (χ0v) is 15.8. The summed E-state index contributed by atoms with van der Waals surface area (Å²) >= 11 is 0. The summed E-state index contributed by atoms with van der Waals surface area (Å²) in [5.41, 5.74) is 1.18. The smallest absolute Gasteiger partial charge is 1.00 e. The summed E-state index contributed by atoms with van der Waals surface area (Å²) in [5.74, 6) is -0.637. The molecular weight excluding hydrogens is 317 g/mol. The molecule has 0 saturated heterocycles. The second kappa shape index (κ2) is 7.01. The Labute approximate surface area is 152 Å². The van der Waals surface area contributed by atoms with Crippen molar-refractivity contribution in [2.45, 2.75) is 6.92 Å². The second-order valence-corrected chi connectivity index (χ2v) is 6.24. The third-order valence-electron chi connectivity index (χ3n) is 3.26. The van der Waals surface area contributed by atoms with Crippen molar-refractivity contribution in [1.29, 1.82) is 0 Å². The van der Waals surface area contributed by atoms with Gasteiger partial charge in [-0.15, -0.1) is 0 Å². The van der Waals surface area contributed by atoms with Gasteiger partial charge in [-0.1, -0.05) is 18.2 Å². The van der Waals surface area contributed by atoms with Crippen LogP contribution in [-0.2, 0) is 17.2 Å². The van der Waals surface area contributed by atoms with E-state index in [4.69, 9.17) is 4.55 Å². The fourth-order valence-corrected chi connectivity index (χ4v) is 2.92. The van der Waals surface area contributed by atoms with Crippen molar-refractivity contribution >= 4 is 15.8 Å². The molecule has 0 spiro atoms. The van der Waals surface area contributed by atoms with Crippen LogP contribution < -0.4 is 40.0 Å². The van der Waals surface area contributed by atoms with E-state index in [-0.39, 0.29) is 42.2 Å². The van der Waals surface area contributed by atoms with Crippen molar-refractivity contribution in [3.63, 3.8) is 0 Å². The summed E-state index contributed by atoms with van der Waals surface area (Å²) in [6.45, 7) is 1.72. The summed E-state index contributed by atoms with van der Waals surface area (Å²) < 4.78 is 34.0. The third-order valence-corrected chi connectivity index (χ3v) is 3.98. The van der Waals surface area contributed by atoms with E-state index in [9.17, 15) is 13.2 Å². The first kappa shape index (κ1) is 19.0. The van der Waals surface area contributed by atoms with Crippen molar-refractivity contribution in [3.8, 4) is 5.69 Å². The average Bonchev–Trinajstić information content (AvgIpc) is 2.59. The van der Waals surface area contributed by atoms with Crippen LogP contribution in [0, 0.1) is 6.92 Å². The quantitative estimate of drug-likeness (QED) is 0.510. The van der Waals surface area contributed by atoms with Gasteiger partial charge >= 0.3 is 29.6 Å². The number of benzene rings is 1. The molecule has 0 fully saturated rings. The van der Waals surface area contributed by atoms with E-state index >= 15 is 0 Å². The molecule has 9 heteroatoms. The Morgan fingerprint density at radius 3 is 2.32 bits per heavy atom. The first-order chi connectivity index (χ1) is 9.72. The van der Waals surface area contributed by atoms with Crippen LogP contribution in [0.3, 0.4) is 0 Å². The van der Waals surface area contributed by atoms with Gasteiger partial charge in [-0.05, 0) is 19.1 Å². The molecule has 0 aliphatic rings. The van der Waals surface area contributed by atoms with Crippen molar-refractivity contribution in [2.75, 3.05) is 17.8 Å². The molecule has 7 nitrogen and oxygen atoms in total. The average molecular weight is 335 g/mol. The predicted octanol–water partition coefficient (Wildman–Crippen LogP) is -2.12. The van der Waals surface area contributed by atoms with Gasteiger partial charge in [0.2, 0.25) is 0 Å². The van der Waals surface area contributed by atoms with E-state index in [0.717, 1.165) is 0 Å². The van der Waals surface area contributed by atoms with Crippen molar-refractivity contribution in [3.05, 3.63) is 46.4 Å². The van der Waals surface area contributed by atoms with Crippen LogP contribution in [0.15, 0.2) is 35.1 Å². The fourth-order valence-electron chi connectivity index (χ4n) is 2.30. The number of rotatable bonds is 4. The number of aromatic nitrogens is 2. The summed E-state index contributed by atoms with van der Waals surface area (Å²) in [4.78, 5) is 13.8. The van der Waals surface area contributed by atoms with E-state index < -0.39 is 16.0 Å². The van der Waals surface area contributed by atoms with Gasteiger partial charge in [0, 0.05) is 14.1 Å². The minimum atomic E-state index is -4.20. The molecule has 0 atom stereocenters. The minimum Gasteiger partial charge on any atom is -1.00 e. The Morgan fingerprint density at radius 1 is 1.27 bits per heavy atom. The Balaban J connectivity index is 0.00000242. The Hall–Kier alpha value is -1.06. The number of anilines is 1.